The minimum absolute atomic E-state index is 0.951. The van der Waals surface area contributed by atoms with E-state index in [0.717, 1.165) is 10.9 Å². The Morgan fingerprint density at radius 3 is 3.09 bits per heavy atom. The molecule has 0 aliphatic rings. The number of fused-ring (bicyclic) bond motifs is 1. The zero-order chi connectivity index (χ0) is 7.84. The van der Waals surface area contributed by atoms with Gasteiger partial charge in [-0.3, -0.25) is 0 Å². The van der Waals surface area contributed by atoms with Gasteiger partial charge >= 0.3 is 0 Å². The highest BCUT2D eigenvalue weighted by molar-refractivity contribution is 5.78. The Morgan fingerprint density at radius 1 is 1.45 bits per heavy atom. The Hall–Kier alpha value is -1.51. The van der Waals surface area contributed by atoms with E-state index in [9.17, 15) is 0 Å². The van der Waals surface area contributed by atoms with E-state index < -0.39 is 0 Å². The molecule has 1 aromatic carbocycles. The van der Waals surface area contributed by atoms with Crippen LogP contribution in [0.2, 0.25) is 0 Å². The predicted octanol–water partition coefficient (Wildman–Crippen LogP) is 1.06. The summed E-state index contributed by atoms with van der Waals surface area (Å²) in [6.07, 6.45) is 1.80. The van der Waals surface area contributed by atoms with E-state index in [0.29, 0.717) is 0 Å². The first-order chi connectivity index (χ1) is 5.25. The molecule has 2 aromatic rings. The van der Waals surface area contributed by atoms with Crippen LogP contribution in [0.4, 0.5) is 0 Å². The van der Waals surface area contributed by atoms with Gasteiger partial charge in [0.2, 0.25) is 0 Å². The zero-order valence-corrected chi connectivity index (χ0v) is 6.28. The Balaban J connectivity index is 2.82. The predicted molar refractivity (Wildman–Crippen MR) is 44.6 cm³/mol. The zero-order valence-electron chi connectivity index (χ0n) is 6.28. The topological polar surface area (TPSA) is 43.8 Å². The second-order valence-corrected chi connectivity index (χ2v) is 2.67. The van der Waals surface area contributed by atoms with Crippen LogP contribution in [0.5, 0.6) is 0 Å². The molecule has 3 nitrogen and oxygen atoms in total. The molecule has 11 heavy (non-hydrogen) atoms. The Bertz CT molecular complexity index is 389. The van der Waals surface area contributed by atoms with Gasteiger partial charge < -0.3 is 5.84 Å². The average Bonchev–Trinajstić information content (AvgIpc) is 2.27. The summed E-state index contributed by atoms with van der Waals surface area (Å²) in [6.45, 7) is 2.04. The summed E-state index contributed by atoms with van der Waals surface area (Å²) in [5.74, 6) is 5.45. The van der Waals surface area contributed by atoms with Crippen molar-refractivity contribution in [1.29, 1.82) is 0 Å². The molecule has 0 aliphatic carbocycles. The van der Waals surface area contributed by atoms with Crippen LogP contribution >= 0.6 is 0 Å². The molecule has 0 atom stereocenters. The molecule has 0 spiro atoms. The van der Waals surface area contributed by atoms with Crippen LogP contribution in [0.15, 0.2) is 24.4 Å². The third kappa shape index (κ3) is 0.941. The van der Waals surface area contributed by atoms with Crippen LogP contribution in [0.3, 0.4) is 0 Å². The fourth-order valence-electron chi connectivity index (χ4n) is 1.15. The third-order valence-corrected chi connectivity index (χ3v) is 1.68. The van der Waals surface area contributed by atoms with Crippen molar-refractivity contribution in [2.24, 2.45) is 0 Å². The molecule has 1 heterocycles. The van der Waals surface area contributed by atoms with E-state index in [1.165, 1.54) is 10.4 Å². The minimum atomic E-state index is 0.951. The van der Waals surface area contributed by atoms with E-state index >= 15 is 0 Å². The van der Waals surface area contributed by atoms with Gasteiger partial charge in [-0.15, -0.1) is 0 Å². The van der Waals surface area contributed by atoms with Gasteiger partial charge in [-0.1, -0.05) is 12.1 Å². The summed E-state index contributed by atoms with van der Waals surface area (Å²) in [4.78, 5) is 1.34. The van der Waals surface area contributed by atoms with Crippen molar-refractivity contribution >= 4 is 10.9 Å². The number of rotatable bonds is 0. The smallest absolute Gasteiger partial charge is 0.0946 e. The van der Waals surface area contributed by atoms with Crippen LogP contribution in [-0.4, -0.2) is 9.89 Å². The Kier molecular flexibility index (Phi) is 1.12. The largest absolute Gasteiger partial charge is 0.323 e. The molecule has 0 fully saturated rings. The lowest BCUT2D eigenvalue weighted by Crippen LogP contribution is -2.07. The lowest BCUT2D eigenvalue weighted by molar-refractivity contribution is 0.846. The molecule has 0 saturated carbocycles. The standard InChI is InChI=1S/C8H9N3/c1-6-2-3-7-5-11(9)10-8(7)4-6/h2-5H,9H2,1H3. The third-order valence-electron chi connectivity index (χ3n) is 1.68. The van der Waals surface area contributed by atoms with E-state index in [4.69, 9.17) is 5.84 Å². The molecular formula is C8H9N3. The lowest BCUT2D eigenvalue weighted by atomic mass is 10.2. The summed E-state index contributed by atoms with van der Waals surface area (Å²) in [6, 6.07) is 6.07. The maximum atomic E-state index is 5.45. The van der Waals surface area contributed by atoms with Gasteiger partial charge in [0.05, 0.1) is 11.7 Å². The molecule has 0 aliphatic heterocycles. The summed E-state index contributed by atoms with van der Waals surface area (Å²) < 4.78 is 0. The van der Waals surface area contributed by atoms with Gasteiger partial charge in [-0.05, 0) is 18.6 Å². The molecule has 2 rings (SSSR count). The molecule has 56 valence electrons. The Labute approximate surface area is 64.4 Å². The number of hydrogen-bond donors (Lipinski definition) is 1. The normalized spacial score (nSPS) is 10.6. The van der Waals surface area contributed by atoms with Gasteiger partial charge in [0.1, 0.15) is 0 Å². The van der Waals surface area contributed by atoms with Gasteiger partial charge in [0.25, 0.3) is 0 Å². The van der Waals surface area contributed by atoms with Crippen molar-refractivity contribution in [2.75, 3.05) is 5.84 Å². The number of hydrogen-bond acceptors (Lipinski definition) is 2. The summed E-state index contributed by atoms with van der Waals surface area (Å²) >= 11 is 0. The first-order valence-corrected chi connectivity index (χ1v) is 3.47. The van der Waals surface area contributed by atoms with Crippen LogP contribution < -0.4 is 5.84 Å². The van der Waals surface area contributed by atoms with Crippen molar-refractivity contribution < 1.29 is 0 Å². The molecule has 2 N–H and O–H groups in total. The molecule has 0 amide bonds. The number of aryl methyl sites for hydroxylation is 1. The van der Waals surface area contributed by atoms with Crippen molar-refractivity contribution in [3.05, 3.63) is 30.0 Å². The van der Waals surface area contributed by atoms with Gasteiger partial charge in [0.15, 0.2) is 0 Å². The second kappa shape index (κ2) is 1.99. The average molecular weight is 147 g/mol. The highest BCUT2D eigenvalue weighted by atomic mass is 15.5. The van der Waals surface area contributed by atoms with Crippen LogP contribution in [0.1, 0.15) is 5.56 Å². The fraction of sp³-hybridized carbons (Fsp3) is 0.125. The molecule has 0 bridgehead atoms. The second-order valence-electron chi connectivity index (χ2n) is 2.67. The van der Waals surface area contributed by atoms with Gasteiger partial charge in [-0.25, -0.2) is 0 Å². The Morgan fingerprint density at radius 2 is 2.27 bits per heavy atom. The summed E-state index contributed by atoms with van der Waals surface area (Å²) in [7, 11) is 0. The number of benzene rings is 1. The summed E-state index contributed by atoms with van der Waals surface area (Å²) in [5, 5.41) is 5.15. The van der Waals surface area contributed by atoms with E-state index in [2.05, 4.69) is 5.10 Å². The first kappa shape index (κ1) is 6.22. The van der Waals surface area contributed by atoms with Crippen LogP contribution in [0.25, 0.3) is 10.9 Å². The van der Waals surface area contributed by atoms with Crippen molar-refractivity contribution in [3.8, 4) is 0 Å². The molecule has 0 radical (unpaired) electrons. The van der Waals surface area contributed by atoms with E-state index in [1.807, 2.05) is 25.1 Å². The van der Waals surface area contributed by atoms with Crippen molar-refractivity contribution in [3.63, 3.8) is 0 Å². The van der Waals surface area contributed by atoms with Crippen LogP contribution in [-0.2, 0) is 0 Å². The SMILES string of the molecule is Cc1ccc2cn(N)nc2c1. The minimum Gasteiger partial charge on any atom is -0.323 e. The monoisotopic (exact) mass is 147 g/mol. The highest BCUT2D eigenvalue weighted by Crippen LogP contribution is 2.11. The number of nitrogen functional groups attached to an aromatic ring is 1. The van der Waals surface area contributed by atoms with Crippen molar-refractivity contribution in [1.82, 2.24) is 9.89 Å². The summed E-state index contributed by atoms with van der Waals surface area (Å²) in [5.41, 5.74) is 2.16. The first-order valence-electron chi connectivity index (χ1n) is 3.47. The number of nitrogens with two attached hydrogens (primary N) is 1. The van der Waals surface area contributed by atoms with Gasteiger partial charge in [0, 0.05) is 5.39 Å². The molecule has 3 heteroatoms. The van der Waals surface area contributed by atoms with Gasteiger partial charge in [-0.2, -0.15) is 9.89 Å². The number of aromatic nitrogens is 2. The molecule has 0 unspecified atom stereocenters. The quantitative estimate of drug-likeness (QED) is 0.566. The molecule has 1 aromatic heterocycles. The number of nitrogens with zero attached hydrogens (tertiary/aromatic N) is 2. The van der Waals surface area contributed by atoms with E-state index in [1.54, 1.807) is 6.20 Å². The fourth-order valence-corrected chi connectivity index (χ4v) is 1.15. The maximum Gasteiger partial charge on any atom is 0.0946 e. The molecule has 0 saturated heterocycles. The lowest BCUT2D eigenvalue weighted by Gasteiger charge is -1.88. The van der Waals surface area contributed by atoms with E-state index in [-0.39, 0.29) is 0 Å². The molecular weight excluding hydrogens is 138 g/mol. The maximum absolute atomic E-state index is 5.45. The highest BCUT2D eigenvalue weighted by Gasteiger charge is 1.96. The van der Waals surface area contributed by atoms with Crippen molar-refractivity contribution in [2.45, 2.75) is 6.92 Å². The van der Waals surface area contributed by atoms with Crippen LogP contribution in [0, 0.1) is 6.92 Å².